The van der Waals surface area contributed by atoms with Crippen LogP contribution in [0, 0.1) is 15.5 Å². The van der Waals surface area contributed by atoms with E-state index in [1.165, 1.54) is 26.0 Å². The summed E-state index contributed by atoms with van der Waals surface area (Å²) in [7, 11) is 0. The molecule has 1 spiro atoms. The Morgan fingerprint density at radius 2 is 1.92 bits per heavy atom. The second-order valence-electron chi connectivity index (χ2n) is 7.25. The molecule has 8 nitrogen and oxygen atoms in total. The number of nitrogens with zero attached hydrogens (tertiary/aromatic N) is 2. The summed E-state index contributed by atoms with van der Waals surface area (Å²) in [6.45, 7) is 3.72. The highest BCUT2D eigenvalue weighted by Gasteiger charge is 2.64. The number of hydrogen-bond donors (Lipinski definition) is 0. The number of nitro groups is 1. The van der Waals surface area contributed by atoms with E-state index in [-0.39, 0.29) is 18.2 Å². The Kier molecular flexibility index (Phi) is 3.13. The van der Waals surface area contributed by atoms with Crippen molar-refractivity contribution in [2.45, 2.75) is 44.9 Å². The van der Waals surface area contributed by atoms with Gasteiger partial charge < -0.3 is 14.4 Å². The number of carbonyl (C=O) groups excluding carboxylic acids is 2. The summed E-state index contributed by atoms with van der Waals surface area (Å²) in [6.07, 6.45) is 1.55. The predicted molar refractivity (Wildman–Crippen MR) is 85.9 cm³/mol. The van der Waals surface area contributed by atoms with Crippen LogP contribution in [0.2, 0.25) is 0 Å². The van der Waals surface area contributed by atoms with E-state index in [0.29, 0.717) is 18.5 Å². The van der Waals surface area contributed by atoms with Crippen molar-refractivity contribution in [3.63, 3.8) is 0 Å². The molecule has 132 valence electrons. The highest BCUT2D eigenvalue weighted by atomic mass is 16.7. The molecule has 0 bridgehead atoms. The van der Waals surface area contributed by atoms with Crippen LogP contribution < -0.4 is 4.90 Å². The monoisotopic (exact) mass is 346 g/mol. The summed E-state index contributed by atoms with van der Waals surface area (Å²) < 4.78 is 10.8. The van der Waals surface area contributed by atoms with Gasteiger partial charge in [0.2, 0.25) is 0 Å². The fourth-order valence-corrected chi connectivity index (χ4v) is 4.24. The fraction of sp³-hybridized carbons (Fsp3) is 0.529. The lowest BCUT2D eigenvalue weighted by atomic mass is 9.70. The van der Waals surface area contributed by atoms with Crippen molar-refractivity contribution < 1.29 is 24.0 Å². The number of esters is 2. The summed E-state index contributed by atoms with van der Waals surface area (Å²) in [5.74, 6) is -2.52. The normalized spacial score (nSPS) is 25.8. The smallest absolute Gasteiger partial charge is 0.329 e. The van der Waals surface area contributed by atoms with Crippen LogP contribution in [0.3, 0.4) is 0 Å². The SMILES string of the molecule is CC1(C)OC(=O)C2(Cc3cc([N+](=O)[O-])ccc3N3CCC[C@H]32)C(=O)O1. The molecule has 0 unspecified atom stereocenters. The molecule has 1 aromatic rings. The van der Waals surface area contributed by atoms with Crippen LogP contribution in [-0.4, -0.2) is 35.2 Å². The number of nitro benzene ring substituents is 1. The number of benzene rings is 1. The molecule has 0 radical (unpaired) electrons. The largest absolute Gasteiger partial charge is 0.422 e. The van der Waals surface area contributed by atoms with E-state index in [9.17, 15) is 19.7 Å². The average Bonchev–Trinajstić information content (AvgIpc) is 3.01. The number of fused-ring (bicyclic) bond motifs is 4. The first-order valence-electron chi connectivity index (χ1n) is 8.25. The predicted octanol–water partition coefficient (Wildman–Crippen LogP) is 1.94. The Morgan fingerprint density at radius 3 is 2.56 bits per heavy atom. The molecule has 0 N–H and O–H groups in total. The van der Waals surface area contributed by atoms with Gasteiger partial charge in [-0.1, -0.05) is 0 Å². The minimum Gasteiger partial charge on any atom is -0.422 e. The van der Waals surface area contributed by atoms with Crippen LogP contribution in [0.4, 0.5) is 11.4 Å². The number of carbonyl (C=O) groups is 2. The van der Waals surface area contributed by atoms with E-state index in [0.717, 1.165) is 12.1 Å². The molecule has 1 atom stereocenters. The third-order valence-electron chi connectivity index (χ3n) is 5.28. The van der Waals surface area contributed by atoms with Gasteiger partial charge in [0.1, 0.15) is 0 Å². The Balaban J connectivity index is 1.85. The first-order chi connectivity index (χ1) is 11.7. The van der Waals surface area contributed by atoms with Crippen molar-refractivity contribution in [2.24, 2.45) is 5.41 Å². The van der Waals surface area contributed by atoms with Crippen LogP contribution in [0.5, 0.6) is 0 Å². The minimum absolute atomic E-state index is 0.0545. The first-order valence-corrected chi connectivity index (χ1v) is 8.25. The van der Waals surface area contributed by atoms with Crippen LogP contribution in [0.1, 0.15) is 32.3 Å². The van der Waals surface area contributed by atoms with Gasteiger partial charge in [-0.15, -0.1) is 0 Å². The maximum absolute atomic E-state index is 12.9. The van der Waals surface area contributed by atoms with E-state index >= 15 is 0 Å². The van der Waals surface area contributed by atoms with Gasteiger partial charge in [0.25, 0.3) is 11.5 Å². The standard InChI is InChI=1S/C17H18N2O6/c1-16(2)24-14(20)17(15(21)25-16)9-10-8-11(19(22)23)5-6-12(10)18-7-3-4-13(17)18/h5-6,8,13H,3-4,7,9H2,1-2H3/t13-/m0/s1. The summed E-state index contributed by atoms with van der Waals surface area (Å²) in [4.78, 5) is 38.4. The molecule has 8 heteroatoms. The Hall–Kier alpha value is -2.64. The number of cyclic esters (lactones) is 2. The molecule has 2 fully saturated rings. The maximum atomic E-state index is 12.9. The van der Waals surface area contributed by atoms with Gasteiger partial charge in [-0.05, 0) is 24.5 Å². The van der Waals surface area contributed by atoms with Crippen molar-refractivity contribution in [2.75, 3.05) is 11.4 Å². The number of rotatable bonds is 1. The van der Waals surface area contributed by atoms with Gasteiger partial charge >= 0.3 is 11.9 Å². The van der Waals surface area contributed by atoms with Gasteiger partial charge in [-0.25, -0.2) is 0 Å². The average molecular weight is 346 g/mol. The zero-order valence-corrected chi connectivity index (χ0v) is 14.0. The van der Waals surface area contributed by atoms with Crippen molar-refractivity contribution in [3.05, 3.63) is 33.9 Å². The van der Waals surface area contributed by atoms with Gasteiger partial charge in [0, 0.05) is 44.6 Å². The molecule has 4 rings (SSSR count). The van der Waals surface area contributed by atoms with Crippen molar-refractivity contribution in [3.8, 4) is 0 Å². The van der Waals surface area contributed by atoms with Crippen LogP contribution in [0.15, 0.2) is 18.2 Å². The summed E-state index contributed by atoms with van der Waals surface area (Å²) in [6, 6.07) is 4.23. The Morgan fingerprint density at radius 1 is 1.24 bits per heavy atom. The molecule has 2 saturated heterocycles. The molecular formula is C17H18N2O6. The van der Waals surface area contributed by atoms with Crippen molar-refractivity contribution in [1.82, 2.24) is 0 Å². The van der Waals surface area contributed by atoms with Crippen molar-refractivity contribution >= 4 is 23.3 Å². The van der Waals surface area contributed by atoms with Gasteiger partial charge in [-0.3, -0.25) is 19.7 Å². The maximum Gasteiger partial charge on any atom is 0.329 e. The van der Waals surface area contributed by atoms with Crippen LogP contribution >= 0.6 is 0 Å². The lowest BCUT2D eigenvalue weighted by Gasteiger charge is -2.49. The van der Waals surface area contributed by atoms with E-state index in [1.54, 1.807) is 6.07 Å². The summed E-state index contributed by atoms with van der Waals surface area (Å²) >= 11 is 0. The number of anilines is 1. The van der Waals surface area contributed by atoms with Crippen LogP contribution in [0.25, 0.3) is 0 Å². The second-order valence-corrected chi connectivity index (χ2v) is 7.25. The first kappa shape index (κ1) is 15.9. The Labute approximate surface area is 143 Å². The van der Waals surface area contributed by atoms with E-state index in [1.807, 2.05) is 4.90 Å². The zero-order valence-electron chi connectivity index (χ0n) is 14.0. The number of non-ortho nitro benzene ring substituents is 1. The highest BCUT2D eigenvalue weighted by Crippen LogP contribution is 2.50. The van der Waals surface area contributed by atoms with Gasteiger partial charge in [0.15, 0.2) is 5.41 Å². The highest BCUT2D eigenvalue weighted by molar-refractivity contribution is 6.04. The third-order valence-corrected chi connectivity index (χ3v) is 5.28. The topological polar surface area (TPSA) is 99.0 Å². The molecular weight excluding hydrogens is 328 g/mol. The molecule has 0 amide bonds. The van der Waals surface area contributed by atoms with Crippen LogP contribution in [-0.2, 0) is 25.5 Å². The molecule has 0 aliphatic carbocycles. The second kappa shape index (κ2) is 4.93. The van der Waals surface area contributed by atoms with Gasteiger partial charge in [0.05, 0.1) is 11.0 Å². The lowest BCUT2D eigenvalue weighted by Crippen LogP contribution is -2.64. The van der Waals surface area contributed by atoms with E-state index in [4.69, 9.17) is 9.47 Å². The van der Waals surface area contributed by atoms with Crippen molar-refractivity contribution in [1.29, 1.82) is 0 Å². The lowest BCUT2D eigenvalue weighted by molar-refractivity contribution is -0.384. The molecule has 3 aliphatic heterocycles. The molecule has 3 aliphatic rings. The molecule has 0 saturated carbocycles. The summed E-state index contributed by atoms with van der Waals surface area (Å²) in [5, 5.41) is 11.1. The number of hydrogen-bond acceptors (Lipinski definition) is 7. The molecule has 1 aromatic carbocycles. The quantitative estimate of drug-likeness (QED) is 0.332. The zero-order chi connectivity index (χ0) is 18.0. The Bertz CT molecular complexity index is 782. The molecule has 25 heavy (non-hydrogen) atoms. The summed E-state index contributed by atoms with van der Waals surface area (Å²) in [5.41, 5.74) is -0.0941. The molecule has 3 heterocycles. The molecule has 0 aromatic heterocycles. The third kappa shape index (κ3) is 2.13. The van der Waals surface area contributed by atoms with E-state index < -0.39 is 28.1 Å². The number of ether oxygens (including phenoxy) is 2. The fourth-order valence-electron chi connectivity index (χ4n) is 4.24. The van der Waals surface area contributed by atoms with E-state index in [2.05, 4.69) is 0 Å². The van der Waals surface area contributed by atoms with Gasteiger partial charge in [-0.2, -0.15) is 0 Å². The minimum atomic E-state index is -1.46.